The van der Waals surface area contributed by atoms with E-state index in [1.54, 1.807) is 18.3 Å². The minimum atomic E-state index is 0.145. The predicted octanol–water partition coefficient (Wildman–Crippen LogP) is 4.34. The number of phenolic OH excluding ortho intramolecular Hbond substituents is 1. The molecule has 0 bridgehead atoms. The van der Waals surface area contributed by atoms with E-state index in [9.17, 15) is 5.11 Å². The van der Waals surface area contributed by atoms with Crippen LogP contribution in [0.15, 0.2) is 54.7 Å². The monoisotopic (exact) mass is 270 g/mol. The molecule has 0 aliphatic heterocycles. The Balaban J connectivity index is 2.06. The zero-order valence-corrected chi connectivity index (χ0v) is 10.7. The van der Waals surface area contributed by atoms with Gasteiger partial charge in [0.2, 0.25) is 0 Å². The molecule has 0 amide bonds. The van der Waals surface area contributed by atoms with E-state index in [-0.39, 0.29) is 5.75 Å². The van der Waals surface area contributed by atoms with Crippen LogP contribution in [-0.4, -0.2) is 10.1 Å². The Kier molecular flexibility index (Phi) is 2.97. The van der Waals surface area contributed by atoms with Crippen molar-refractivity contribution >= 4 is 33.9 Å². The first-order valence-electron chi connectivity index (χ1n) is 5.83. The van der Waals surface area contributed by atoms with Gasteiger partial charge >= 0.3 is 0 Å². The van der Waals surface area contributed by atoms with E-state index in [2.05, 4.69) is 10.3 Å². The van der Waals surface area contributed by atoms with Crippen molar-refractivity contribution in [2.75, 3.05) is 5.32 Å². The fraction of sp³-hybridized carbons (Fsp3) is 0. The van der Waals surface area contributed by atoms with Gasteiger partial charge in [0.15, 0.2) is 0 Å². The highest BCUT2D eigenvalue weighted by molar-refractivity contribution is 6.33. The van der Waals surface area contributed by atoms with Crippen LogP contribution in [0.25, 0.3) is 10.9 Å². The molecule has 0 aliphatic carbocycles. The second-order valence-electron chi connectivity index (χ2n) is 4.17. The van der Waals surface area contributed by atoms with Crippen molar-refractivity contribution in [3.63, 3.8) is 0 Å². The topological polar surface area (TPSA) is 45.2 Å². The molecule has 94 valence electrons. The molecule has 19 heavy (non-hydrogen) atoms. The predicted molar refractivity (Wildman–Crippen MR) is 78.1 cm³/mol. The number of pyridine rings is 1. The fourth-order valence-corrected chi connectivity index (χ4v) is 2.10. The van der Waals surface area contributed by atoms with Crippen LogP contribution < -0.4 is 5.32 Å². The van der Waals surface area contributed by atoms with Crippen molar-refractivity contribution in [2.45, 2.75) is 0 Å². The molecule has 0 spiro atoms. The molecular weight excluding hydrogens is 260 g/mol. The minimum Gasteiger partial charge on any atom is -0.506 e. The van der Waals surface area contributed by atoms with Crippen molar-refractivity contribution in [1.29, 1.82) is 0 Å². The molecule has 3 rings (SSSR count). The standard InChI is InChI=1S/C15H11ClN2O/c16-11-5-1-2-6-12(11)18-14-8-10-4-3-7-17-13(10)9-15(14)19/h1-9,18-19H. The molecule has 0 aliphatic rings. The molecular formula is C15H11ClN2O. The average Bonchev–Trinajstić information content (AvgIpc) is 2.42. The molecule has 0 atom stereocenters. The number of para-hydroxylation sites is 1. The zero-order valence-electron chi connectivity index (χ0n) is 9.97. The van der Waals surface area contributed by atoms with Crippen molar-refractivity contribution in [3.8, 4) is 5.75 Å². The van der Waals surface area contributed by atoms with Crippen molar-refractivity contribution < 1.29 is 5.11 Å². The van der Waals surface area contributed by atoms with Crippen LogP contribution in [0, 0.1) is 0 Å². The molecule has 0 unspecified atom stereocenters. The molecule has 0 fully saturated rings. The highest BCUT2D eigenvalue weighted by atomic mass is 35.5. The molecule has 0 radical (unpaired) electrons. The maximum absolute atomic E-state index is 10.0. The van der Waals surface area contributed by atoms with E-state index in [1.165, 1.54) is 0 Å². The van der Waals surface area contributed by atoms with E-state index in [0.717, 1.165) is 16.6 Å². The smallest absolute Gasteiger partial charge is 0.141 e. The summed E-state index contributed by atoms with van der Waals surface area (Å²) in [5.74, 6) is 0.145. The van der Waals surface area contributed by atoms with E-state index in [0.29, 0.717) is 10.7 Å². The third-order valence-electron chi connectivity index (χ3n) is 2.86. The van der Waals surface area contributed by atoms with Crippen LogP contribution in [0.4, 0.5) is 11.4 Å². The van der Waals surface area contributed by atoms with E-state index >= 15 is 0 Å². The second kappa shape index (κ2) is 4.78. The first kappa shape index (κ1) is 11.8. The zero-order chi connectivity index (χ0) is 13.2. The second-order valence-corrected chi connectivity index (χ2v) is 4.58. The summed E-state index contributed by atoms with van der Waals surface area (Å²) < 4.78 is 0. The highest BCUT2D eigenvalue weighted by Gasteiger charge is 2.06. The van der Waals surface area contributed by atoms with E-state index < -0.39 is 0 Å². The first-order chi connectivity index (χ1) is 9.24. The Morgan fingerprint density at radius 1 is 1.00 bits per heavy atom. The third kappa shape index (κ3) is 2.33. The maximum Gasteiger partial charge on any atom is 0.141 e. The summed E-state index contributed by atoms with van der Waals surface area (Å²) in [6.45, 7) is 0. The van der Waals surface area contributed by atoms with Gasteiger partial charge in [-0.25, -0.2) is 0 Å². The number of aromatic nitrogens is 1. The number of aromatic hydroxyl groups is 1. The van der Waals surface area contributed by atoms with Crippen LogP contribution in [0.3, 0.4) is 0 Å². The highest BCUT2D eigenvalue weighted by Crippen LogP contribution is 2.33. The number of nitrogens with one attached hydrogen (secondary N) is 1. The number of benzene rings is 2. The lowest BCUT2D eigenvalue weighted by atomic mass is 10.1. The Labute approximate surface area is 115 Å². The lowest BCUT2D eigenvalue weighted by Gasteiger charge is -2.11. The van der Waals surface area contributed by atoms with Gasteiger partial charge in [0.05, 0.1) is 21.9 Å². The van der Waals surface area contributed by atoms with Crippen LogP contribution in [0.5, 0.6) is 5.75 Å². The van der Waals surface area contributed by atoms with Gasteiger partial charge in [0, 0.05) is 17.6 Å². The molecule has 2 N–H and O–H groups in total. The molecule has 1 aromatic heterocycles. The van der Waals surface area contributed by atoms with E-state index in [4.69, 9.17) is 11.6 Å². The SMILES string of the molecule is Oc1cc2ncccc2cc1Nc1ccccc1Cl. The van der Waals surface area contributed by atoms with Gasteiger partial charge in [-0.1, -0.05) is 29.8 Å². The maximum atomic E-state index is 10.0. The third-order valence-corrected chi connectivity index (χ3v) is 3.19. The number of nitrogens with zero attached hydrogens (tertiary/aromatic N) is 1. The van der Waals surface area contributed by atoms with Crippen molar-refractivity contribution in [2.24, 2.45) is 0 Å². The summed E-state index contributed by atoms with van der Waals surface area (Å²) in [7, 11) is 0. The quantitative estimate of drug-likeness (QED) is 0.681. The van der Waals surface area contributed by atoms with Crippen LogP contribution in [0.2, 0.25) is 5.02 Å². The molecule has 0 saturated heterocycles. The molecule has 4 heteroatoms. The van der Waals surface area contributed by atoms with Gasteiger partial charge in [-0.05, 0) is 24.3 Å². The number of anilines is 2. The van der Waals surface area contributed by atoms with Gasteiger partial charge in [-0.15, -0.1) is 0 Å². The summed E-state index contributed by atoms with van der Waals surface area (Å²) in [5, 5.41) is 14.7. The van der Waals surface area contributed by atoms with Crippen molar-refractivity contribution in [1.82, 2.24) is 4.98 Å². The number of halogens is 1. The normalized spacial score (nSPS) is 10.6. The molecule has 3 aromatic rings. The fourth-order valence-electron chi connectivity index (χ4n) is 1.92. The largest absolute Gasteiger partial charge is 0.506 e. The van der Waals surface area contributed by atoms with Crippen molar-refractivity contribution in [3.05, 3.63) is 59.8 Å². The summed E-state index contributed by atoms with van der Waals surface area (Å²) in [6, 6.07) is 14.7. The lowest BCUT2D eigenvalue weighted by Crippen LogP contribution is -1.92. The number of hydrogen-bond acceptors (Lipinski definition) is 3. The molecule has 1 heterocycles. The molecule has 3 nitrogen and oxygen atoms in total. The van der Waals surface area contributed by atoms with Gasteiger partial charge in [-0.2, -0.15) is 0 Å². The Hall–Kier alpha value is -2.26. The van der Waals surface area contributed by atoms with Crippen LogP contribution >= 0.6 is 11.6 Å². The van der Waals surface area contributed by atoms with Crippen LogP contribution in [-0.2, 0) is 0 Å². The summed E-state index contributed by atoms with van der Waals surface area (Å²) in [4.78, 5) is 4.19. The Morgan fingerprint density at radius 3 is 2.68 bits per heavy atom. The minimum absolute atomic E-state index is 0.145. The summed E-state index contributed by atoms with van der Waals surface area (Å²) in [5.41, 5.74) is 2.11. The van der Waals surface area contributed by atoms with Gasteiger partial charge in [0.1, 0.15) is 5.75 Å². The number of phenols is 1. The van der Waals surface area contributed by atoms with Gasteiger partial charge < -0.3 is 10.4 Å². The first-order valence-corrected chi connectivity index (χ1v) is 6.21. The Morgan fingerprint density at radius 2 is 1.84 bits per heavy atom. The van der Waals surface area contributed by atoms with Gasteiger partial charge in [-0.3, -0.25) is 4.98 Å². The summed E-state index contributed by atoms with van der Waals surface area (Å²) in [6.07, 6.45) is 1.70. The average molecular weight is 271 g/mol. The lowest BCUT2D eigenvalue weighted by molar-refractivity contribution is 0.478. The van der Waals surface area contributed by atoms with E-state index in [1.807, 2.05) is 36.4 Å². The molecule has 2 aromatic carbocycles. The number of fused-ring (bicyclic) bond motifs is 1. The molecule has 0 saturated carbocycles. The van der Waals surface area contributed by atoms with Crippen LogP contribution in [0.1, 0.15) is 0 Å². The Bertz CT molecular complexity index is 743. The number of hydrogen-bond donors (Lipinski definition) is 2. The number of rotatable bonds is 2. The summed E-state index contributed by atoms with van der Waals surface area (Å²) >= 11 is 6.09. The van der Waals surface area contributed by atoms with Gasteiger partial charge in [0.25, 0.3) is 0 Å².